The Morgan fingerprint density at radius 2 is 1.91 bits per heavy atom. The number of amides is 2. The number of hydrogen-bond acceptors (Lipinski definition) is 5. The summed E-state index contributed by atoms with van der Waals surface area (Å²) < 4.78 is 15.0. The Balaban J connectivity index is 1.87. The number of nitrogens with one attached hydrogen (secondary N) is 2. The second-order valence-corrected chi connectivity index (χ2v) is 9.56. The number of carboxylic acid groups (broad SMARTS) is 1. The minimum absolute atomic E-state index is 0.315. The maximum absolute atomic E-state index is 13.4. The number of thiophene rings is 1. The molecule has 1 aromatic carbocycles. The van der Waals surface area contributed by atoms with Gasteiger partial charge in [0.2, 0.25) is 0 Å². The molecule has 2 atom stereocenters. The maximum Gasteiger partial charge on any atom is 0.404 e. The summed E-state index contributed by atoms with van der Waals surface area (Å²) >= 11 is 1.28. The van der Waals surface area contributed by atoms with Gasteiger partial charge in [0.05, 0.1) is 28.9 Å². The highest BCUT2D eigenvalue weighted by Crippen LogP contribution is 2.27. The molecule has 2 heterocycles. The molecule has 0 aliphatic carbocycles. The highest BCUT2D eigenvalue weighted by Gasteiger charge is 2.35. The molecule has 0 bridgehead atoms. The van der Waals surface area contributed by atoms with Crippen molar-refractivity contribution < 1.29 is 19.1 Å². The molecule has 0 saturated carbocycles. The number of nitrogens with zero attached hydrogens (tertiary/aromatic N) is 3. The highest BCUT2D eigenvalue weighted by molar-refractivity contribution is 7.12. The van der Waals surface area contributed by atoms with E-state index in [1.54, 1.807) is 36.1 Å². The largest absolute Gasteiger partial charge is 0.465 e. The van der Waals surface area contributed by atoms with Crippen LogP contribution in [-0.2, 0) is 13.5 Å². The molecule has 2 aromatic heterocycles. The first-order valence-electron chi connectivity index (χ1n) is 10.0. The molecule has 0 radical (unpaired) electrons. The first-order valence-corrected chi connectivity index (χ1v) is 10.9. The van der Waals surface area contributed by atoms with E-state index in [9.17, 15) is 19.1 Å². The molecule has 0 spiro atoms. The second-order valence-electron chi connectivity index (χ2n) is 8.65. The van der Waals surface area contributed by atoms with Crippen LogP contribution in [-0.4, -0.2) is 44.2 Å². The summed E-state index contributed by atoms with van der Waals surface area (Å²) in [6, 6.07) is 6.56. The van der Waals surface area contributed by atoms with Crippen LogP contribution in [0.15, 0.2) is 41.9 Å². The molecule has 3 rings (SSSR count). The number of benzene rings is 1. The van der Waals surface area contributed by atoms with Gasteiger partial charge in [0.1, 0.15) is 5.82 Å². The van der Waals surface area contributed by atoms with Gasteiger partial charge in [0.25, 0.3) is 5.91 Å². The molecule has 0 fully saturated rings. The van der Waals surface area contributed by atoms with Gasteiger partial charge in [0, 0.05) is 18.0 Å². The van der Waals surface area contributed by atoms with E-state index in [-0.39, 0.29) is 11.7 Å². The fourth-order valence-corrected chi connectivity index (χ4v) is 4.36. The minimum Gasteiger partial charge on any atom is -0.465 e. The smallest absolute Gasteiger partial charge is 0.404 e. The van der Waals surface area contributed by atoms with Crippen LogP contribution in [0.4, 0.5) is 9.18 Å². The van der Waals surface area contributed by atoms with Gasteiger partial charge in [-0.3, -0.25) is 4.79 Å². The number of carbonyl (C=O) groups is 2. The van der Waals surface area contributed by atoms with Crippen LogP contribution in [0.2, 0.25) is 0 Å². The average Bonchev–Trinajstić information content (AvgIpc) is 3.35. The van der Waals surface area contributed by atoms with Crippen LogP contribution in [0.1, 0.15) is 36.0 Å². The zero-order valence-electron chi connectivity index (χ0n) is 18.3. The summed E-state index contributed by atoms with van der Waals surface area (Å²) in [5.74, 6) is -0.675. The summed E-state index contributed by atoms with van der Waals surface area (Å²) in [6.45, 7) is 5.70. The predicted molar refractivity (Wildman–Crippen MR) is 120 cm³/mol. The van der Waals surface area contributed by atoms with Crippen molar-refractivity contribution >= 4 is 23.3 Å². The van der Waals surface area contributed by atoms with Crippen LogP contribution in [0, 0.1) is 11.2 Å². The normalized spacial score (nSPS) is 13.4. The van der Waals surface area contributed by atoms with Crippen LogP contribution in [0.25, 0.3) is 11.3 Å². The van der Waals surface area contributed by atoms with Gasteiger partial charge in [-0.05, 0) is 35.6 Å². The van der Waals surface area contributed by atoms with Gasteiger partial charge < -0.3 is 15.7 Å². The van der Waals surface area contributed by atoms with E-state index < -0.39 is 23.6 Å². The van der Waals surface area contributed by atoms with E-state index in [4.69, 9.17) is 0 Å². The molecular weight excluding hydrogens is 433 g/mol. The van der Waals surface area contributed by atoms with Gasteiger partial charge in [0.15, 0.2) is 0 Å². The standard InChI is InChI=1S/C22H26FN5O3S/c1-22(2,3)19(26-21(30)31)16(9-13-5-7-15(23)8-6-13)25-20(29)18-10-14(12-32-18)17-11-24-27-28(17)4/h5-8,10-12,16,19,26H,9H2,1-4H3,(H,25,29)(H,30,31)/t16-,19?/m0/s1. The predicted octanol–water partition coefficient (Wildman–Crippen LogP) is 3.71. The lowest BCUT2D eigenvalue weighted by Gasteiger charge is -2.37. The molecule has 3 aromatic rings. The third-order valence-corrected chi connectivity index (χ3v) is 6.06. The third kappa shape index (κ3) is 5.70. The summed E-state index contributed by atoms with van der Waals surface area (Å²) in [4.78, 5) is 25.1. The average molecular weight is 460 g/mol. The quantitative estimate of drug-likeness (QED) is 0.499. The van der Waals surface area contributed by atoms with Crippen LogP contribution >= 0.6 is 11.3 Å². The second kappa shape index (κ2) is 9.47. The number of halogens is 1. The zero-order valence-corrected chi connectivity index (χ0v) is 19.1. The van der Waals surface area contributed by atoms with E-state index in [0.717, 1.165) is 16.8 Å². The first kappa shape index (κ1) is 23.4. The lowest BCUT2D eigenvalue weighted by molar-refractivity contribution is 0.0905. The summed E-state index contributed by atoms with van der Waals surface area (Å²) in [6.07, 6.45) is 0.774. The van der Waals surface area contributed by atoms with Crippen molar-refractivity contribution in [2.75, 3.05) is 0 Å². The Hall–Kier alpha value is -3.27. The highest BCUT2D eigenvalue weighted by atomic mass is 32.1. The SMILES string of the molecule is Cn1nncc1-c1csc(C(=O)N[C@@H](Cc2ccc(F)cc2)C(NC(=O)O)C(C)(C)C)c1. The molecule has 170 valence electrons. The molecule has 1 unspecified atom stereocenters. The number of rotatable bonds is 7. The minimum atomic E-state index is -1.18. The molecule has 0 saturated heterocycles. The Morgan fingerprint density at radius 1 is 1.22 bits per heavy atom. The van der Waals surface area contributed by atoms with Crippen molar-refractivity contribution in [2.45, 2.75) is 39.3 Å². The maximum atomic E-state index is 13.4. The lowest BCUT2D eigenvalue weighted by atomic mass is 9.80. The fourth-order valence-electron chi connectivity index (χ4n) is 3.56. The Kier molecular flexibility index (Phi) is 6.93. The first-order chi connectivity index (χ1) is 15.0. The van der Waals surface area contributed by atoms with Crippen molar-refractivity contribution in [3.05, 3.63) is 58.2 Å². The van der Waals surface area contributed by atoms with Crippen molar-refractivity contribution in [3.63, 3.8) is 0 Å². The third-order valence-electron chi connectivity index (χ3n) is 5.13. The van der Waals surface area contributed by atoms with E-state index >= 15 is 0 Å². The molecule has 10 heteroatoms. The number of aromatic nitrogens is 3. The lowest BCUT2D eigenvalue weighted by Crippen LogP contribution is -2.58. The van der Waals surface area contributed by atoms with Crippen LogP contribution < -0.4 is 10.6 Å². The van der Waals surface area contributed by atoms with E-state index in [1.807, 2.05) is 26.2 Å². The van der Waals surface area contributed by atoms with Gasteiger partial charge in [-0.2, -0.15) is 0 Å². The summed E-state index contributed by atoms with van der Waals surface area (Å²) in [5.41, 5.74) is 1.89. The number of hydrogen-bond donors (Lipinski definition) is 3. The number of aryl methyl sites for hydroxylation is 1. The molecule has 0 aliphatic heterocycles. The Bertz CT molecular complexity index is 1090. The summed E-state index contributed by atoms with van der Waals surface area (Å²) in [7, 11) is 1.77. The zero-order chi connectivity index (χ0) is 23.5. The monoisotopic (exact) mass is 459 g/mol. The van der Waals surface area contributed by atoms with Gasteiger partial charge in [-0.25, -0.2) is 13.9 Å². The van der Waals surface area contributed by atoms with Crippen LogP contribution in [0.3, 0.4) is 0 Å². The van der Waals surface area contributed by atoms with E-state index in [2.05, 4.69) is 20.9 Å². The molecule has 3 N–H and O–H groups in total. The summed E-state index contributed by atoms with van der Waals surface area (Å²) in [5, 5.41) is 24.6. The van der Waals surface area contributed by atoms with Gasteiger partial charge in [-0.1, -0.05) is 38.1 Å². The fraction of sp³-hybridized carbons (Fsp3) is 0.364. The van der Waals surface area contributed by atoms with E-state index in [1.165, 1.54) is 23.5 Å². The van der Waals surface area contributed by atoms with Crippen molar-refractivity contribution in [2.24, 2.45) is 12.5 Å². The molecule has 0 aliphatic rings. The van der Waals surface area contributed by atoms with Crippen molar-refractivity contribution in [3.8, 4) is 11.3 Å². The topological polar surface area (TPSA) is 109 Å². The number of carbonyl (C=O) groups excluding carboxylic acids is 1. The van der Waals surface area contributed by atoms with Crippen molar-refractivity contribution in [1.82, 2.24) is 25.6 Å². The molecule has 2 amide bonds. The molecule has 32 heavy (non-hydrogen) atoms. The molecule has 8 nitrogen and oxygen atoms in total. The Morgan fingerprint density at radius 3 is 2.47 bits per heavy atom. The molecular formula is C22H26FN5O3S. The van der Waals surface area contributed by atoms with Gasteiger partial charge >= 0.3 is 6.09 Å². The van der Waals surface area contributed by atoms with E-state index in [0.29, 0.717) is 11.3 Å². The van der Waals surface area contributed by atoms with Gasteiger partial charge in [-0.15, -0.1) is 16.4 Å². The van der Waals surface area contributed by atoms with Crippen molar-refractivity contribution in [1.29, 1.82) is 0 Å². The Labute approximate surface area is 189 Å². The van der Waals surface area contributed by atoms with Crippen LogP contribution in [0.5, 0.6) is 0 Å².